The third-order valence-electron chi connectivity index (χ3n) is 5.28. The largest absolute Gasteiger partial charge is 0.343 e. The van der Waals surface area contributed by atoms with Gasteiger partial charge in [0, 0.05) is 19.5 Å². The normalized spacial score (nSPS) is 27.2. The van der Waals surface area contributed by atoms with Crippen molar-refractivity contribution in [2.45, 2.75) is 58.3 Å². The van der Waals surface area contributed by atoms with Crippen LogP contribution in [0.1, 0.15) is 58.3 Å². The number of nitrogens with one attached hydrogen (secondary N) is 1. The number of likely N-dealkylation sites (tertiary alicyclic amines) is 1. The van der Waals surface area contributed by atoms with Crippen LogP contribution in [0.15, 0.2) is 0 Å². The molecule has 2 rings (SSSR count). The lowest BCUT2D eigenvalue weighted by Gasteiger charge is -2.34. The van der Waals surface area contributed by atoms with Crippen molar-refractivity contribution in [1.29, 1.82) is 0 Å². The molecule has 1 saturated heterocycles. The fourth-order valence-electron chi connectivity index (χ4n) is 3.94. The number of hydrogen-bond acceptors (Lipinski definition) is 2. The van der Waals surface area contributed by atoms with Gasteiger partial charge in [0.2, 0.25) is 5.91 Å². The quantitative estimate of drug-likeness (QED) is 0.842. The molecule has 2 unspecified atom stereocenters. The molecular weight excluding hydrogens is 284 g/mol. The molecular formula is C17H33ClN2O. The third kappa shape index (κ3) is 6.15. The van der Waals surface area contributed by atoms with Crippen LogP contribution in [-0.2, 0) is 4.79 Å². The van der Waals surface area contributed by atoms with Gasteiger partial charge in [0.05, 0.1) is 0 Å². The van der Waals surface area contributed by atoms with Gasteiger partial charge < -0.3 is 10.2 Å². The van der Waals surface area contributed by atoms with Crippen molar-refractivity contribution < 1.29 is 4.79 Å². The summed E-state index contributed by atoms with van der Waals surface area (Å²) in [6, 6.07) is 0. The molecule has 2 fully saturated rings. The number of nitrogens with zero attached hydrogens (tertiary/aromatic N) is 1. The monoisotopic (exact) mass is 316 g/mol. The second-order valence-corrected chi connectivity index (χ2v) is 7.06. The molecule has 21 heavy (non-hydrogen) atoms. The zero-order valence-corrected chi connectivity index (χ0v) is 14.6. The Kier molecular flexibility index (Phi) is 8.65. The summed E-state index contributed by atoms with van der Waals surface area (Å²) < 4.78 is 0. The number of carbonyl (C=O) groups excluding carboxylic acids is 1. The van der Waals surface area contributed by atoms with E-state index in [2.05, 4.69) is 17.1 Å². The molecule has 1 saturated carbocycles. The van der Waals surface area contributed by atoms with Gasteiger partial charge in [0.25, 0.3) is 0 Å². The lowest BCUT2D eigenvalue weighted by molar-refractivity contribution is -0.134. The molecule has 0 radical (unpaired) electrons. The van der Waals surface area contributed by atoms with Crippen LogP contribution in [0.2, 0.25) is 0 Å². The number of hydrogen-bond donors (Lipinski definition) is 1. The fourth-order valence-corrected chi connectivity index (χ4v) is 3.94. The van der Waals surface area contributed by atoms with Gasteiger partial charge in [0.15, 0.2) is 0 Å². The summed E-state index contributed by atoms with van der Waals surface area (Å²) in [6.45, 7) is 5.44. The number of piperidine rings is 1. The second-order valence-electron chi connectivity index (χ2n) is 7.06. The first-order valence-corrected chi connectivity index (χ1v) is 8.61. The zero-order valence-electron chi connectivity index (χ0n) is 13.8. The Morgan fingerprint density at radius 1 is 1.14 bits per heavy atom. The van der Waals surface area contributed by atoms with Gasteiger partial charge in [-0.2, -0.15) is 0 Å². The number of amides is 1. The molecule has 0 aromatic heterocycles. The topological polar surface area (TPSA) is 32.3 Å². The Balaban J connectivity index is 0.00000220. The van der Waals surface area contributed by atoms with E-state index in [1.807, 2.05) is 7.05 Å². The average Bonchev–Trinajstić information content (AvgIpc) is 2.45. The van der Waals surface area contributed by atoms with E-state index in [0.717, 1.165) is 37.9 Å². The van der Waals surface area contributed by atoms with Crippen LogP contribution in [0, 0.1) is 17.8 Å². The van der Waals surface area contributed by atoms with E-state index in [0.29, 0.717) is 11.8 Å². The number of rotatable bonds is 5. The molecule has 3 nitrogen and oxygen atoms in total. The molecule has 0 aromatic rings. The van der Waals surface area contributed by atoms with E-state index in [9.17, 15) is 4.79 Å². The summed E-state index contributed by atoms with van der Waals surface area (Å²) in [5.74, 6) is 2.74. The molecule has 4 heteroatoms. The maximum absolute atomic E-state index is 12.4. The van der Waals surface area contributed by atoms with Gasteiger partial charge in [-0.1, -0.05) is 19.8 Å². The van der Waals surface area contributed by atoms with Gasteiger partial charge in [-0.3, -0.25) is 4.79 Å². The van der Waals surface area contributed by atoms with Gasteiger partial charge in [-0.05, 0) is 63.5 Å². The van der Waals surface area contributed by atoms with Gasteiger partial charge >= 0.3 is 0 Å². The molecule has 2 atom stereocenters. The van der Waals surface area contributed by atoms with Gasteiger partial charge in [0.1, 0.15) is 0 Å². The van der Waals surface area contributed by atoms with E-state index in [4.69, 9.17) is 0 Å². The first kappa shape index (κ1) is 18.8. The Morgan fingerprint density at radius 3 is 2.48 bits per heavy atom. The van der Waals surface area contributed by atoms with E-state index in [1.54, 1.807) is 0 Å². The van der Waals surface area contributed by atoms with Crippen molar-refractivity contribution in [3.63, 3.8) is 0 Å². The Bertz CT molecular complexity index is 303. The number of halogens is 1. The Hall–Kier alpha value is -0.280. The minimum absolute atomic E-state index is 0. The molecule has 2 aliphatic rings. The van der Waals surface area contributed by atoms with Crippen LogP contribution in [0.3, 0.4) is 0 Å². The smallest absolute Gasteiger partial charge is 0.222 e. The standard InChI is InChI=1S/C17H32N2O.ClH/c1-14-4-3-5-16(12-14)13-17(20)19-10-7-15(8-11-19)6-9-18-2;/h14-16,18H,3-13H2,1-2H3;1H. The van der Waals surface area contributed by atoms with Crippen molar-refractivity contribution in [1.82, 2.24) is 10.2 Å². The van der Waals surface area contributed by atoms with Crippen LogP contribution >= 0.6 is 12.4 Å². The highest BCUT2D eigenvalue weighted by Crippen LogP contribution is 2.31. The molecule has 1 aliphatic carbocycles. The van der Waals surface area contributed by atoms with Crippen LogP contribution in [-0.4, -0.2) is 37.5 Å². The molecule has 0 bridgehead atoms. The van der Waals surface area contributed by atoms with Crippen molar-refractivity contribution >= 4 is 18.3 Å². The Labute approximate surface area is 136 Å². The minimum atomic E-state index is 0. The predicted molar refractivity (Wildman–Crippen MR) is 90.8 cm³/mol. The molecule has 1 heterocycles. The van der Waals surface area contributed by atoms with Crippen molar-refractivity contribution in [3.05, 3.63) is 0 Å². The van der Waals surface area contributed by atoms with Crippen LogP contribution < -0.4 is 5.32 Å². The van der Waals surface area contributed by atoms with E-state index in [-0.39, 0.29) is 12.4 Å². The molecule has 1 aliphatic heterocycles. The van der Waals surface area contributed by atoms with E-state index >= 15 is 0 Å². The summed E-state index contributed by atoms with van der Waals surface area (Å²) in [5, 5.41) is 3.23. The second kappa shape index (κ2) is 9.68. The number of carbonyl (C=O) groups is 1. The summed E-state index contributed by atoms with van der Waals surface area (Å²) in [7, 11) is 2.02. The average molecular weight is 317 g/mol. The summed E-state index contributed by atoms with van der Waals surface area (Å²) >= 11 is 0. The van der Waals surface area contributed by atoms with Crippen LogP contribution in [0.5, 0.6) is 0 Å². The fraction of sp³-hybridized carbons (Fsp3) is 0.941. The maximum Gasteiger partial charge on any atom is 0.222 e. The molecule has 1 amide bonds. The lowest BCUT2D eigenvalue weighted by atomic mass is 9.80. The van der Waals surface area contributed by atoms with Crippen molar-refractivity contribution in [2.75, 3.05) is 26.7 Å². The predicted octanol–water partition coefficient (Wildman–Crippen LogP) is 3.47. The summed E-state index contributed by atoms with van der Waals surface area (Å²) in [6.07, 6.45) is 9.71. The SMILES string of the molecule is CNCCC1CCN(C(=O)CC2CCCC(C)C2)CC1.Cl. The molecule has 0 spiro atoms. The van der Waals surface area contributed by atoms with Gasteiger partial charge in [-0.15, -0.1) is 12.4 Å². The summed E-state index contributed by atoms with van der Waals surface area (Å²) in [5.41, 5.74) is 0. The van der Waals surface area contributed by atoms with Gasteiger partial charge in [-0.25, -0.2) is 0 Å². The molecule has 124 valence electrons. The maximum atomic E-state index is 12.4. The Morgan fingerprint density at radius 2 is 1.86 bits per heavy atom. The van der Waals surface area contributed by atoms with Crippen molar-refractivity contribution in [2.24, 2.45) is 17.8 Å². The highest BCUT2D eigenvalue weighted by molar-refractivity contribution is 5.85. The lowest BCUT2D eigenvalue weighted by Crippen LogP contribution is -2.40. The van der Waals surface area contributed by atoms with E-state index < -0.39 is 0 Å². The minimum Gasteiger partial charge on any atom is -0.343 e. The summed E-state index contributed by atoms with van der Waals surface area (Å²) in [4.78, 5) is 14.5. The highest BCUT2D eigenvalue weighted by atomic mass is 35.5. The van der Waals surface area contributed by atoms with Crippen LogP contribution in [0.4, 0.5) is 0 Å². The zero-order chi connectivity index (χ0) is 14.4. The first-order chi connectivity index (χ1) is 9.69. The third-order valence-corrected chi connectivity index (χ3v) is 5.28. The molecule has 0 aromatic carbocycles. The van der Waals surface area contributed by atoms with Crippen molar-refractivity contribution in [3.8, 4) is 0 Å². The highest BCUT2D eigenvalue weighted by Gasteiger charge is 2.26. The molecule has 1 N–H and O–H groups in total. The van der Waals surface area contributed by atoms with Crippen LogP contribution in [0.25, 0.3) is 0 Å². The van der Waals surface area contributed by atoms with E-state index in [1.165, 1.54) is 44.9 Å². The first-order valence-electron chi connectivity index (χ1n) is 8.61.